The summed E-state index contributed by atoms with van der Waals surface area (Å²) >= 11 is 1.45. The van der Waals surface area contributed by atoms with Gasteiger partial charge in [-0.15, -0.1) is 11.3 Å². The fourth-order valence-electron chi connectivity index (χ4n) is 5.25. The van der Waals surface area contributed by atoms with Crippen LogP contribution in [-0.4, -0.2) is 53.1 Å². The Morgan fingerprint density at radius 1 is 1.11 bits per heavy atom. The molecule has 1 unspecified atom stereocenters. The third-order valence-corrected chi connectivity index (χ3v) is 8.70. The summed E-state index contributed by atoms with van der Waals surface area (Å²) in [7, 11) is 1.83. The second-order valence-corrected chi connectivity index (χ2v) is 11.9. The topological polar surface area (TPSA) is 117 Å². The SMILES string of the molecule is Cn1cc(-c2cnc(COc3cccc(-c4cc(F)c(Cc5nc6c(F)cc(C(=O)O)cc6n5CC5CCO5)cc4F)n3)s2)cn1. The number of carboxylic acids is 1. The van der Waals surface area contributed by atoms with E-state index in [0.29, 0.717) is 11.6 Å². The van der Waals surface area contributed by atoms with Gasteiger partial charge in [0.15, 0.2) is 5.82 Å². The van der Waals surface area contributed by atoms with Gasteiger partial charge >= 0.3 is 5.97 Å². The molecule has 1 atom stereocenters. The van der Waals surface area contributed by atoms with E-state index in [1.54, 1.807) is 39.8 Å². The number of nitrogens with zero attached hydrogens (tertiary/aromatic N) is 6. The van der Waals surface area contributed by atoms with E-state index < -0.39 is 23.4 Å². The fraction of sp³-hybridized carbons (Fsp3) is 0.219. The van der Waals surface area contributed by atoms with E-state index in [2.05, 4.69) is 20.1 Å². The van der Waals surface area contributed by atoms with Gasteiger partial charge < -0.3 is 19.1 Å². The third kappa shape index (κ3) is 5.84. The molecule has 0 amide bonds. The van der Waals surface area contributed by atoms with Crippen LogP contribution in [0.4, 0.5) is 13.2 Å². The summed E-state index contributed by atoms with van der Waals surface area (Å²) in [4.78, 5) is 25.6. The lowest BCUT2D eigenvalue weighted by Crippen LogP contribution is -2.31. The summed E-state index contributed by atoms with van der Waals surface area (Å²) < 4.78 is 60.6. The number of aromatic nitrogens is 6. The van der Waals surface area contributed by atoms with Gasteiger partial charge in [-0.25, -0.2) is 32.9 Å². The Bertz CT molecular complexity index is 2110. The van der Waals surface area contributed by atoms with Crippen LogP contribution in [0.2, 0.25) is 0 Å². The molecule has 0 radical (unpaired) electrons. The van der Waals surface area contributed by atoms with Crippen LogP contribution in [0, 0.1) is 17.5 Å². The van der Waals surface area contributed by atoms with Crippen molar-refractivity contribution >= 4 is 28.3 Å². The minimum absolute atomic E-state index is 0.00760. The Balaban J connectivity index is 1.13. The van der Waals surface area contributed by atoms with Crippen molar-refractivity contribution in [2.24, 2.45) is 7.05 Å². The molecule has 1 aliphatic rings. The Morgan fingerprint density at radius 3 is 2.70 bits per heavy atom. The van der Waals surface area contributed by atoms with Gasteiger partial charge in [0.05, 0.1) is 40.5 Å². The molecule has 0 aliphatic carbocycles. The van der Waals surface area contributed by atoms with Gasteiger partial charge in [-0.05, 0) is 42.3 Å². The van der Waals surface area contributed by atoms with Crippen LogP contribution >= 0.6 is 11.3 Å². The summed E-state index contributed by atoms with van der Waals surface area (Å²) in [5, 5.41) is 14.3. The van der Waals surface area contributed by atoms with Crippen LogP contribution in [0.3, 0.4) is 0 Å². The summed E-state index contributed by atoms with van der Waals surface area (Å²) in [5.41, 5.74) is 0.995. The highest BCUT2D eigenvalue weighted by atomic mass is 32.1. The molecule has 14 heteroatoms. The quantitative estimate of drug-likeness (QED) is 0.192. The highest BCUT2D eigenvalue weighted by molar-refractivity contribution is 7.15. The van der Waals surface area contributed by atoms with E-state index in [9.17, 15) is 14.3 Å². The van der Waals surface area contributed by atoms with Crippen molar-refractivity contribution < 1.29 is 32.5 Å². The molecule has 1 aliphatic heterocycles. The average molecular weight is 647 g/mol. The second kappa shape index (κ2) is 12.0. The maximum absolute atomic E-state index is 15.5. The van der Waals surface area contributed by atoms with E-state index >= 15 is 8.78 Å². The van der Waals surface area contributed by atoms with Crippen molar-refractivity contribution in [3.8, 4) is 27.6 Å². The van der Waals surface area contributed by atoms with Crippen LogP contribution in [0.25, 0.3) is 32.7 Å². The van der Waals surface area contributed by atoms with Crippen LogP contribution in [0.15, 0.2) is 61.1 Å². The number of halogens is 3. The molecular formula is C32H25F3N6O4S. The number of pyridine rings is 1. The van der Waals surface area contributed by atoms with Crippen molar-refractivity contribution in [3.63, 3.8) is 0 Å². The highest BCUT2D eigenvalue weighted by Crippen LogP contribution is 2.30. The number of fused-ring (bicyclic) bond motifs is 1. The first kappa shape index (κ1) is 29.6. The van der Waals surface area contributed by atoms with Crippen LogP contribution < -0.4 is 4.74 Å². The Labute approximate surface area is 263 Å². The zero-order valence-corrected chi connectivity index (χ0v) is 25.1. The van der Waals surface area contributed by atoms with Gasteiger partial charge in [0, 0.05) is 49.7 Å². The van der Waals surface area contributed by atoms with Gasteiger partial charge in [0.2, 0.25) is 5.88 Å². The van der Waals surface area contributed by atoms with Crippen LogP contribution in [-0.2, 0) is 31.4 Å². The summed E-state index contributed by atoms with van der Waals surface area (Å²) in [6.45, 7) is 0.971. The zero-order chi connectivity index (χ0) is 31.9. The number of benzene rings is 2. The molecule has 10 nitrogen and oxygen atoms in total. The largest absolute Gasteiger partial charge is 0.478 e. The molecule has 6 aromatic rings. The maximum Gasteiger partial charge on any atom is 0.335 e. The van der Waals surface area contributed by atoms with Gasteiger partial charge in [-0.2, -0.15) is 5.10 Å². The number of rotatable bonds is 10. The lowest BCUT2D eigenvalue weighted by molar-refractivity contribution is -0.0589. The van der Waals surface area contributed by atoms with E-state index in [1.165, 1.54) is 17.4 Å². The van der Waals surface area contributed by atoms with E-state index in [0.717, 1.165) is 35.1 Å². The van der Waals surface area contributed by atoms with Crippen molar-refractivity contribution in [2.45, 2.75) is 32.1 Å². The number of hydrogen-bond donors (Lipinski definition) is 1. The van der Waals surface area contributed by atoms with Gasteiger partial charge in [0.25, 0.3) is 0 Å². The normalized spacial score (nSPS) is 14.5. The standard InChI is InChI=1S/C32H25F3N6O4S/c1-40-14-19(12-37-40)27-13-36-30(46-27)16-45-29-4-2-3-25(38-29)21-11-22(33)17(7-23(21)34)10-28-39-31-24(35)8-18(32(42)43)9-26(31)41(28)15-20-5-6-44-20/h2-4,7-9,11-14,20H,5-6,10,15-16H2,1H3,(H,42,43). The molecule has 1 fully saturated rings. The van der Waals surface area contributed by atoms with Gasteiger partial charge in [-0.1, -0.05) is 6.07 Å². The molecule has 0 bridgehead atoms. The molecule has 4 aromatic heterocycles. The fourth-order valence-corrected chi connectivity index (χ4v) is 6.06. The third-order valence-electron chi connectivity index (χ3n) is 7.68. The summed E-state index contributed by atoms with van der Waals surface area (Å²) in [5.74, 6) is -3.07. The minimum Gasteiger partial charge on any atom is -0.478 e. The zero-order valence-electron chi connectivity index (χ0n) is 24.3. The lowest BCUT2D eigenvalue weighted by atomic mass is 10.0. The predicted molar refractivity (Wildman–Crippen MR) is 162 cm³/mol. The molecule has 1 saturated heterocycles. The first-order valence-corrected chi connectivity index (χ1v) is 15.1. The van der Waals surface area contributed by atoms with Gasteiger partial charge in [-0.3, -0.25) is 4.68 Å². The average Bonchev–Trinajstić information content (AvgIpc) is 3.74. The van der Waals surface area contributed by atoms with Crippen molar-refractivity contribution in [1.82, 2.24) is 29.3 Å². The van der Waals surface area contributed by atoms with E-state index in [-0.39, 0.29) is 70.8 Å². The summed E-state index contributed by atoms with van der Waals surface area (Å²) in [6.07, 6.45) is 5.78. The molecule has 46 heavy (non-hydrogen) atoms. The number of thiazole rings is 1. The molecule has 0 saturated carbocycles. The lowest BCUT2D eigenvalue weighted by Gasteiger charge is -2.27. The Kier molecular flexibility index (Phi) is 7.74. The predicted octanol–water partition coefficient (Wildman–Crippen LogP) is 6.03. The number of imidazole rings is 1. The van der Waals surface area contributed by atoms with Gasteiger partial charge in [0.1, 0.15) is 34.6 Å². The molecular weight excluding hydrogens is 621 g/mol. The molecule has 5 heterocycles. The maximum atomic E-state index is 15.5. The Morgan fingerprint density at radius 2 is 1.96 bits per heavy atom. The molecule has 0 spiro atoms. The summed E-state index contributed by atoms with van der Waals surface area (Å²) in [6, 6.07) is 9.15. The van der Waals surface area contributed by atoms with E-state index in [1.807, 2.05) is 13.2 Å². The number of hydrogen-bond acceptors (Lipinski definition) is 8. The van der Waals surface area contributed by atoms with Crippen LogP contribution in [0.1, 0.15) is 33.2 Å². The number of carbonyl (C=O) groups is 1. The first-order chi connectivity index (χ1) is 22.2. The smallest absolute Gasteiger partial charge is 0.335 e. The Hall–Kier alpha value is -5.08. The van der Waals surface area contributed by atoms with Crippen molar-refractivity contribution in [3.05, 3.63) is 100 Å². The first-order valence-electron chi connectivity index (χ1n) is 14.3. The molecule has 1 N–H and O–H groups in total. The number of carboxylic acid groups (broad SMARTS) is 1. The van der Waals surface area contributed by atoms with E-state index in [4.69, 9.17) is 9.47 Å². The van der Waals surface area contributed by atoms with Crippen LogP contribution in [0.5, 0.6) is 5.88 Å². The van der Waals surface area contributed by atoms with Crippen molar-refractivity contribution in [1.29, 1.82) is 0 Å². The second-order valence-electron chi connectivity index (χ2n) is 10.8. The highest BCUT2D eigenvalue weighted by Gasteiger charge is 2.25. The molecule has 234 valence electrons. The molecule has 7 rings (SSSR count). The minimum atomic E-state index is -1.29. The monoisotopic (exact) mass is 646 g/mol. The molecule has 2 aromatic carbocycles. The number of aromatic carboxylic acids is 1. The van der Waals surface area contributed by atoms with Crippen molar-refractivity contribution in [2.75, 3.05) is 6.61 Å². The number of ether oxygens (including phenoxy) is 2. The number of aryl methyl sites for hydroxylation is 1.